The molecule has 0 heterocycles. The van der Waals surface area contributed by atoms with Crippen LogP contribution in [0.25, 0.3) is 5.70 Å². The predicted octanol–water partition coefficient (Wildman–Crippen LogP) is 4.67. The standard InChI is InChI=1S/C17H16Br2Cl2N4O2/c1-2-27-17(26)16(15(23)8-3-4-11(20)12(21)5-8)25(24)14-7-10(19)9(18)6-13(14)22/h3-7H,2,22-24H2,1H3/b16-15+. The van der Waals surface area contributed by atoms with E-state index in [1.165, 1.54) is 6.07 Å². The zero-order valence-corrected chi connectivity index (χ0v) is 18.8. The molecule has 0 amide bonds. The van der Waals surface area contributed by atoms with Gasteiger partial charge in [-0.3, -0.25) is 5.01 Å². The van der Waals surface area contributed by atoms with Crippen LogP contribution in [-0.4, -0.2) is 12.6 Å². The number of ether oxygens (including phenoxy) is 1. The smallest absolute Gasteiger partial charge is 0.358 e. The third kappa shape index (κ3) is 4.89. The lowest BCUT2D eigenvalue weighted by atomic mass is 10.1. The zero-order chi connectivity index (χ0) is 20.3. The molecule has 6 nitrogen and oxygen atoms in total. The first-order chi connectivity index (χ1) is 12.7. The Labute approximate surface area is 183 Å². The van der Waals surface area contributed by atoms with Crippen molar-refractivity contribution in [3.05, 3.63) is 60.6 Å². The molecule has 2 aromatic rings. The first-order valence-corrected chi connectivity index (χ1v) is 9.93. The highest BCUT2D eigenvalue weighted by atomic mass is 79.9. The average molecular weight is 539 g/mol. The van der Waals surface area contributed by atoms with Gasteiger partial charge in [-0.25, -0.2) is 10.6 Å². The molecule has 0 bridgehead atoms. The summed E-state index contributed by atoms with van der Waals surface area (Å²) >= 11 is 18.8. The van der Waals surface area contributed by atoms with E-state index in [4.69, 9.17) is 45.2 Å². The second kappa shape index (κ2) is 9.16. The minimum Gasteiger partial charge on any atom is -0.461 e. The molecule has 10 heteroatoms. The van der Waals surface area contributed by atoms with Gasteiger partial charge in [0.2, 0.25) is 0 Å². The molecular weight excluding hydrogens is 523 g/mol. The minimum atomic E-state index is -0.706. The molecule has 0 aromatic heterocycles. The fourth-order valence-electron chi connectivity index (χ4n) is 2.22. The van der Waals surface area contributed by atoms with E-state index in [-0.39, 0.29) is 23.0 Å². The number of anilines is 2. The van der Waals surface area contributed by atoms with E-state index in [2.05, 4.69) is 31.9 Å². The van der Waals surface area contributed by atoms with Gasteiger partial charge >= 0.3 is 5.97 Å². The van der Waals surface area contributed by atoms with Crippen molar-refractivity contribution in [2.45, 2.75) is 6.92 Å². The summed E-state index contributed by atoms with van der Waals surface area (Å²) in [6.07, 6.45) is 0. The quantitative estimate of drug-likeness (QED) is 0.168. The number of nitrogens with two attached hydrogens (primary N) is 3. The number of esters is 1. The number of halogens is 4. The van der Waals surface area contributed by atoms with Crippen LogP contribution >= 0.6 is 55.1 Å². The minimum absolute atomic E-state index is 0.0629. The number of carbonyl (C=O) groups excluding carboxylic acids is 1. The Hall–Kier alpha value is -1.45. The van der Waals surface area contributed by atoms with Crippen LogP contribution in [0.4, 0.5) is 11.4 Å². The molecule has 0 aliphatic carbocycles. The number of nitrogen functional groups attached to an aromatic ring is 1. The van der Waals surface area contributed by atoms with Crippen LogP contribution in [0, 0.1) is 0 Å². The number of hydrazine groups is 1. The van der Waals surface area contributed by atoms with E-state index in [0.717, 1.165) is 9.48 Å². The van der Waals surface area contributed by atoms with Gasteiger partial charge < -0.3 is 16.2 Å². The molecular formula is C17H16Br2Cl2N4O2. The van der Waals surface area contributed by atoms with Crippen molar-refractivity contribution < 1.29 is 9.53 Å². The van der Waals surface area contributed by atoms with Crippen molar-refractivity contribution >= 4 is 78.1 Å². The zero-order valence-electron chi connectivity index (χ0n) is 14.1. The Morgan fingerprint density at radius 1 is 1.15 bits per heavy atom. The summed E-state index contributed by atoms with van der Waals surface area (Å²) in [5, 5.41) is 1.73. The molecule has 6 N–H and O–H groups in total. The predicted molar refractivity (Wildman–Crippen MR) is 117 cm³/mol. The van der Waals surface area contributed by atoms with Gasteiger partial charge in [0.15, 0.2) is 5.70 Å². The summed E-state index contributed by atoms with van der Waals surface area (Å²) in [4.78, 5) is 12.6. The Bertz CT molecular complexity index is 922. The van der Waals surface area contributed by atoms with Crippen LogP contribution in [-0.2, 0) is 9.53 Å². The number of rotatable bonds is 5. The molecule has 0 radical (unpaired) electrons. The SMILES string of the molecule is CCOC(=O)/C(=C(\N)c1ccc(Cl)c(Cl)c1)N(N)c1cc(Br)c(Br)cc1N. The summed E-state index contributed by atoms with van der Waals surface area (Å²) in [7, 11) is 0. The fourth-order valence-corrected chi connectivity index (χ4v) is 3.21. The van der Waals surface area contributed by atoms with Crippen LogP contribution in [0.2, 0.25) is 10.0 Å². The van der Waals surface area contributed by atoms with E-state index in [0.29, 0.717) is 26.4 Å². The van der Waals surface area contributed by atoms with Gasteiger partial charge in [-0.1, -0.05) is 29.3 Å². The highest BCUT2D eigenvalue weighted by Gasteiger charge is 2.25. The lowest BCUT2D eigenvalue weighted by molar-refractivity contribution is -0.138. The van der Waals surface area contributed by atoms with Crippen LogP contribution < -0.4 is 22.3 Å². The Morgan fingerprint density at radius 3 is 2.37 bits per heavy atom. The Morgan fingerprint density at radius 2 is 1.78 bits per heavy atom. The van der Waals surface area contributed by atoms with Crippen LogP contribution in [0.5, 0.6) is 0 Å². The summed E-state index contributed by atoms with van der Waals surface area (Å²) < 4.78 is 6.54. The maximum atomic E-state index is 12.6. The molecule has 0 saturated heterocycles. The second-order valence-corrected chi connectivity index (χ2v) is 7.83. The molecule has 0 unspecified atom stereocenters. The van der Waals surface area contributed by atoms with E-state index < -0.39 is 5.97 Å². The lowest BCUT2D eigenvalue weighted by Gasteiger charge is -2.24. The van der Waals surface area contributed by atoms with E-state index >= 15 is 0 Å². The number of nitrogens with zero attached hydrogens (tertiary/aromatic N) is 1. The monoisotopic (exact) mass is 536 g/mol. The molecule has 0 atom stereocenters. The molecule has 0 aliphatic heterocycles. The normalized spacial score (nSPS) is 11.8. The van der Waals surface area contributed by atoms with Crippen molar-refractivity contribution in [3.63, 3.8) is 0 Å². The number of carbonyl (C=O) groups is 1. The van der Waals surface area contributed by atoms with Crippen molar-refractivity contribution in [2.75, 3.05) is 17.3 Å². The molecule has 0 aliphatic rings. The fraction of sp³-hybridized carbons (Fsp3) is 0.118. The van der Waals surface area contributed by atoms with Gasteiger partial charge in [0.25, 0.3) is 0 Å². The third-order valence-corrected chi connectivity index (χ3v) is 6.11. The molecule has 2 aromatic carbocycles. The molecule has 144 valence electrons. The summed E-state index contributed by atoms with van der Waals surface area (Å²) in [5.74, 6) is 5.51. The van der Waals surface area contributed by atoms with Crippen LogP contribution in [0.15, 0.2) is 45.0 Å². The maximum absolute atomic E-state index is 12.6. The van der Waals surface area contributed by atoms with Gasteiger partial charge in [0.05, 0.1) is 33.7 Å². The summed E-state index contributed by atoms with van der Waals surface area (Å²) in [5.41, 5.74) is 13.4. The highest BCUT2D eigenvalue weighted by Crippen LogP contribution is 2.35. The number of hydrogen-bond acceptors (Lipinski definition) is 6. The van der Waals surface area contributed by atoms with Crippen molar-refractivity contribution in [2.24, 2.45) is 11.6 Å². The molecule has 0 spiro atoms. The first-order valence-electron chi connectivity index (χ1n) is 7.59. The van der Waals surface area contributed by atoms with Crippen LogP contribution in [0.3, 0.4) is 0 Å². The topological polar surface area (TPSA) is 108 Å². The molecule has 27 heavy (non-hydrogen) atoms. The highest BCUT2D eigenvalue weighted by molar-refractivity contribution is 9.13. The molecule has 0 fully saturated rings. The molecule has 0 saturated carbocycles. The maximum Gasteiger partial charge on any atom is 0.358 e. The first kappa shape index (κ1) is 21.8. The van der Waals surface area contributed by atoms with Crippen molar-refractivity contribution in [3.8, 4) is 0 Å². The van der Waals surface area contributed by atoms with Crippen molar-refractivity contribution in [1.29, 1.82) is 0 Å². The van der Waals surface area contributed by atoms with Crippen LogP contribution in [0.1, 0.15) is 12.5 Å². The molecule has 2 rings (SSSR count). The van der Waals surface area contributed by atoms with Gasteiger partial charge in [-0.15, -0.1) is 0 Å². The van der Waals surface area contributed by atoms with Gasteiger partial charge in [-0.05, 0) is 63.0 Å². The largest absolute Gasteiger partial charge is 0.461 e. The number of benzene rings is 2. The van der Waals surface area contributed by atoms with E-state index in [1.54, 1.807) is 31.2 Å². The van der Waals surface area contributed by atoms with Gasteiger partial charge in [-0.2, -0.15) is 0 Å². The summed E-state index contributed by atoms with van der Waals surface area (Å²) in [6.45, 7) is 1.82. The Balaban J connectivity index is 2.65. The Kier molecular flexibility index (Phi) is 7.41. The van der Waals surface area contributed by atoms with Gasteiger partial charge in [0, 0.05) is 14.5 Å². The van der Waals surface area contributed by atoms with E-state index in [1.807, 2.05) is 0 Å². The third-order valence-electron chi connectivity index (χ3n) is 3.52. The lowest BCUT2D eigenvalue weighted by Crippen LogP contribution is -2.37. The van der Waals surface area contributed by atoms with Crippen molar-refractivity contribution in [1.82, 2.24) is 0 Å². The second-order valence-electron chi connectivity index (χ2n) is 5.31. The average Bonchev–Trinajstić information content (AvgIpc) is 2.60. The summed E-state index contributed by atoms with van der Waals surface area (Å²) in [6, 6.07) is 8.03. The number of hydrogen-bond donors (Lipinski definition) is 3. The van der Waals surface area contributed by atoms with Gasteiger partial charge in [0.1, 0.15) is 0 Å². The van der Waals surface area contributed by atoms with E-state index in [9.17, 15) is 4.79 Å².